The minimum Gasteiger partial charge on any atom is -0.299 e. The van der Waals surface area contributed by atoms with E-state index in [-0.39, 0.29) is 23.4 Å². The van der Waals surface area contributed by atoms with E-state index in [1.807, 2.05) is 13.8 Å². The van der Waals surface area contributed by atoms with E-state index in [0.29, 0.717) is 18.8 Å². The fourth-order valence-corrected chi connectivity index (χ4v) is 4.80. The Morgan fingerprint density at radius 1 is 1.28 bits per heavy atom. The van der Waals surface area contributed by atoms with Gasteiger partial charge in [-0.3, -0.25) is 4.79 Å². The molecule has 0 aromatic carbocycles. The highest BCUT2D eigenvalue weighted by Gasteiger charge is 2.46. The zero-order chi connectivity index (χ0) is 14.1. The summed E-state index contributed by atoms with van der Waals surface area (Å²) in [6, 6.07) is 0. The normalized spacial score (nSPS) is 26.7. The molecule has 0 radical (unpaired) electrons. The second-order valence-electron chi connectivity index (χ2n) is 6.68. The summed E-state index contributed by atoms with van der Waals surface area (Å²) in [5.74, 6) is 0.479. The van der Waals surface area contributed by atoms with Gasteiger partial charge in [0.1, 0.15) is 5.78 Å². The minimum atomic E-state index is -3.23. The van der Waals surface area contributed by atoms with E-state index in [4.69, 9.17) is 0 Å². The number of hydrogen-bond donors (Lipinski definition) is 0. The lowest BCUT2D eigenvalue weighted by Crippen LogP contribution is -2.47. The van der Waals surface area contributed by atoms with Crippen LogP contribution < -0.4 is 0 Å². The largest absolute Gasteiger partial charge is 0.299 e. The van der Waals surface area contributed by atoms with Gasteiger partial charge in [-0.25, -0.2) is 8.42 Å². The molecule has 0 aromatic heterocycles. The third-order valence-corrected chi connectivity index (χ3v) is 7.07. The van der Waals surface area contributed by atoms with Gasteiger partial charge in [0.05, 0.1) is 10.5 Å². The second-order valence-corrected chi connectivity index (χ2v) is 9.30. The van der Waals surface area contributed by atoms with Crippen molar-refractivity contribution in [2.24, 2.45) is 17.8 Å². The number of carbonyl (C=O) groups excluding carboxylic acids is 1. The summed E-state index contributed by atoms with van der Waals surface area (Å²) in [7, 11) is -3.23. The van der Waals surface area contributed by atoms with Gasteiger partial charge in [0.15, 0.2) is 9.84 Å². The first-order chi connectivity index (χ1) is 8.08. The molecule has 1 fully saturated rings. The van der Waals surface area contributed by atoms with Gasteiger partial charge in [-0.2, -0.15) is 0 Å². The molecule has 4 heteroatoms. The lowest BCUT2D eigenvalue weighted by Gasteiger charge is -2.37. The summed E-state index contributed by atoms with van der Waals surface area (Å²) in [5, 5.41) is 0. The lowest BCUT2D eigenvalue weighted by molar-refractivity contribution is -0.126. The molecule has 1 rings (SSSR count). The predicted molar refractivity (Wildman–Crippen MR) is 74.2 cm³/mol. The Hall–Kier alpha value is -0.380. The molecule has 0 spiro atoms. The van der Waals surface area contributed by atoms with Crippen LogP contribution in [0.3, 0.4) is 0 Å². The Balaban J connectivity index is 2.95. The van der Waals surface area contributed by atoms with E-state index in [1.54, 1.807) is 13.8 Å². The molecule has 0 amide bonds. The summed E-state index contributed by atoms with van der Waals surface area (Å²) in [5.41, 5.74) is 0. The molecule has 0 saturated heterocycles. The van der Waals surface area contributed by atoms with Crippen molar-refractivity contribution in [3.05, 3.63) is 0 Å². The highest BCUT2D eigenvalue weighted by molar-refractivity contribution is 7.92. The number of sulfone groups is 1. The fourth-order valence-electron chi connectivity index (χ4n) is 2.81. The maximum Gasteiger partial charge on any atom is 0.156 e. The van der Waals surface area contributed by atoms with Crippen molar-refractivity contribution < 1.29 is 13.2 Å². The van der Waals surface area contributed by atoms with Crippen LogP contribution in [0.5, 0.6) is 0 Å². The number of carbonyl (C=O) groups is 1. The van der Waals surface area contributed by atoms with Gasteiger partial charge in [-0.15, -0.1) is 0 Å². The molecule has 0 heterocycles. The van der Waals surface area contributed by atoms with Crippen molar-refractivity contribution in [2.75, 3.05) is 5.75 Å². The van der Waals surface area contributed by atoms with Crippen LogP contribution in [0.25, 0.3) is 0 Å². The van der Waals surface area contributed by atoms with Gasteiger partial charge in [0.25, 0.3) is 0 Å². The summed E-state index contributed by atoms with van der Waals surface area (Å²) < 4.78 is 24.0. The average molecular weight is 274 g/mol. The van der Waals surface area contributed by atoms with Crippen LogP contribution in [-0.2, 0) is 14.6 Å². The standard InChI is InChI=1S/C14H26O3S/c1-10(2)9-18(16,17)14(4,5)12-7-6-11(3)8-13(12)15/h10-12H,6-9H2,1-5H3. The summed E-state index contributed by atoms with van der Waals surface area (Å²) in [6.45, 7) is 9.31. The van der Waals surface area contributed by atoms with Gasteiger partial charge in [-0.1, -0.05) is 20.8 Å². The Morgan fingerprint density at radius 3 is 2.28 bits per heavy atom. The first-order valence-corrected chi connectivity index (χ1v) is 8.48. The molecule has 18 heavy (non-hydrogen) atoms. The smallest absolute Gasteiger partial charge is 0.156 e. The van der Waals surface area contributed by atoms with E-state index in [2.05, 4.69) is 6.92 Å². The number of Topliss-reactive ketones (excluding diaryl/α,β-unsaturated/α-hetero) is 1. The SMILES string of the molecule is CC(C)CS(=O)(=O)C(C)(C)C1CCC(C)CC1=O. The third kappa shape index (κ3) is 3.14. The third-order valence-electron chi connectivity index (χ3n) is 4.08. The molecule has 3 nitrogen and oxygen atoms in total. The Kier molecular flexibility index (Phi) is 4.63. The van der Waals surface area contributed by atoms with E-state index in [0.717, 1.165) is 6.42 Å². The molecule has 0 bridgehead atoms. The zero-order valence-electron chi connectivity index (χ0n) is 12.2. The molecule has 2 unspecified atom stereocenters. The van der Waals surface area contributed by atoms with Gasteiger partial charge >= 0.3 is 0 Å². The van der Waals surface area contributed by atoms with E-state index in [1.165, 1.54) is 0 Å². The van der Waals surface area contributed by atoms with Crippen LogP contribution >= 0.6 is 0 Å². The lowest BCUT2D eigenvalue weighted by atomic mass is 9.76. The molecular formula is C14H26O3S. The van der Waals surface area contributed by atoms with Crippen molar-refractivity contribution >= 4 is 15.6 Å². The fraction of sp³-hybridized carbons (Fsp3) is 0.929. The molecule has 106 valence electrons. The molecule has 0 N–H and O–H groups in total. The molecule has 0 aliphatic heterocycles. The molecule has 1 saturated carbocycles. The summed E-state index contributed by atoms with van der Waals surface area (Å²) >= 11 is 0. The second kappa shape index (κ2) is 5.32. The van der Waals surface area contributed by atoms with E-state index >= 15 is 0 Å². The molecular weight excluding hydrogens is 248 g/mol. The molecule has 1 aliphatic rings. The maximum atomic E-state index is 12.4. The highest BCUT2D eigenvalue weighted by Crippen LogP contribution is 2.38. The highest BCUT2D eigenvalue weighted by atomic mass is 32.2. The minimum absolute atomic E-state index is 0.104. The van der Waals surface area contributed by atoms with Crippen LogP contribution in [0.15, 0.2) is 0 Å². The van der Waals surface area contributed by atoms with Crippen LogP contribution in [0.1, 0.15) is 53.9 Å². The zero-order valence-corrected chi connectivity index (χ0v) is 13.0. The summed E-state index contributed by atoms with van der Waals surface area (Å²) in [6.07, 6.45) is 2.20. The van der Waals surface area contributed by atoms with Crippen LogP contribution in [0, 0.1) is 17.8 Å². The van der Waals surface area contributed by atoms with Gasteiger partial charge in [0, 0.05) is 12.3 Å². The number of ketones is 1. The van der Waals surface area contributed by atoms with E-state index < -0.39 is 14.6 Å². The molecule has 1 aliphatic carbocycles. The van der Waals surface area contributed by atoms with Crippen molar-refractivity contribution in [3.8, 4) is 0 Å². The first-order valence-electron chi connectivity index (χ1n) is 6.83. The quantitative estimate of drug-likeness (QED) is 0.792. The Labute approximate surface area is 111 Å². The average Bonchev–Trinajstić information content (AvgIpc) is 2.14. The van der Waals surface area contributed by atoms with Crippen molar-refractivity contribution in [1.82, 2.24) is 0 Å². The molecule has 0 aromatic rings. The van der Waals surface area contributed by atoms with Crippen molar-refractivity contribution in [1.29, 1.82) is 0 Å². The van der Waals surface area contributed by atoms with Gasteiger partial charge in [-0.05, 0) is 38.5 Å². The van der Waals surface area contributed by atoms with Gasteiger partial charge < -0.3 is 0 Å². The maximum absolute atomic E-state index is 12.4. The topological polar surface area (TPSA) is 51.2 Å². The predicted octanol–water partition coefficient (Wildman–Crippen LogP) is 2.84. The van der Waals surface area contributed by atoms with E-state index in [9.17, 15) is 13.2 Å². The van der Waals surface area contributed by atoms with Crippen LogP contribution in [0.2, 0.25) is 0 Å². The van der Waals surface area contributed by atoms with Crippen LogP contribution in [0.4, 0.5) is 0 Å². The van der Waals surface area contributed by atoms with Crippen molar-refractivity contribution in [2.45, 2.75) is 58.6 Å². The molecule has 2 atom stereocenters. The number of rotatable bonds is 4. The van der Waals surface area contributed by atoms with Gasteiger partial charge in [0.2, 0.25) is 0 Å². The Bertz CT molecular complexity index is 407. The monoisotopic (exact) mass is 274 g/mol. The first kappa shape index (κ1) is 15.7. The summed E-state index contributed by atoms with van der Waals surface area (Å²) in [4.78, 5) is 12.1. The number of hydrogen-bond acceptors (Lipinski definition) is 3. The van der Waals surface area contributed by atoms with Crippen LogP contribution in [-0.4, -0.2) is 24.7 Å². The Morgan fingerprint density at radius 2 is 1.83 bits per heavy atom. The van der Waals surface area contributed by atoms with Crippen molar-refractivity contribution in [3.63, 3.8) is 0 Å².